The summed E-state index contributed by atoms with van der Waals surface area (Å²) in [5, 5.41) is 36.4. The molecule has 4 rings (SSSR count). The van der Waals surface area contributed by atoms with Crippen LogP contribution in [-0.4, -0.2) is 83.5 Å². The molecule has 0 radical (unpaired) electrons. The average molecular weight is 621 g/mol. The summed E-state index contributed by atoms with van der Waals surface area (Å²) >= 11 is 0. The van der Waals surface area contributed by atoms with Gasteiger partial charge in [-0.3, -0.25) is 9.59 Å². The normalized spacial score (nSPS) is 14.5. The summed E-state index contributed by atoms with van der Waals surface area (Å²) in [7, 11) is 0. The van der Waals surface area contributed by atoms with E-state index in [9.17, 15) is 29.7 Å². The highest BCUT2D eigenvalue weighted by molar-refractivity contribution is 5.92. The zero-order valence-corrected chi connectivity index (χ0v) is 26.1. The Kier molecular flexibility index (Phi) is 10.7. The van der Waals surface area contributed by atoms with Gasteiger partial charge in [-0.15, -0.1) is 0 Å². The summed E-state index contributed by atoms with van der Waals surface area (Å²) in [4.78, 5) is 57.8. The molecular formula is C31H36N6O8. The van der Waals surface area contributed by atoms with Crippen LogP contribution in [0.15, 0.2) is 12.1 Å². The first-order valence-electron chi connectivity index (χ1n) is 14.2. The zero-order chi connectivity index (χ0) is 33.6. The van der Waals surface area contributed by atoms with Crippen LogP contribution in [0.3, 0.4) is 0 Å². The number of hydrogen-bond acceptors (Lipinski definition) is 12. The molecule has 0 bridgehead atoms. The Hall–Kier alpha value is -5.24. The van der Waals surface area contributed by atoms with Crippen LogP contribution < -0.4 is 9.80 Å². The number of rotatable bonds is 8. The van der Waals surface area contributed by atoms with Gasteiger partial charge in [-0.1, -0.05) is 20.8 Å². The molecule has 2 aromatic heterocycles. The van der Waals surface area contributed by atoms with Crippen LogP contribution >= 0.6 is 0 Å². The summed E-state index contributed by atoms with van der Waals surface area (Å²) in [6.07, 6.45) is 0. The van der Waals surface area contributed by atoms with Gasteiger partial charge in [0.15, 0.2) is 0 Å². The number of carbonyl (C=O) groups excluding carboxylic acids is 2. The molecule has 0 saturated carbocycles. The fourth-order valence-corrected chi connectivity index (χ4v) is 4.43. The predicted molar refractivity (Wildman–Crippen MR) is 160 cm³/mol. The molecule has 0 aliphatic carbocycles. The molecule has 0 atom stereocenters. The molecule has 4 heterocycles. The van der Waals surface area contributed by atoms with Crippen molar-refractivity contribution in [2.75, 3.05) is 49.2 Å². The van der Waals surface area contributed by atoms with Gasteiger partial charge >= 0.3 is 23.9 Å². The standard InChI is InChI=1S/C17H21N3O4.C14H15N3O4/c1-10-13(16(23)24-9-17(2,3)4)5-11(6-18)14(19-10)20-7-12(8-20)15(21)22;1-3-21-14(20)11-4-9(5-15)12(16-8(11)2)17-6-10(7-17)13(18)19/h5,12H,7-9H2,1-4H3,(H,21,22);4,10H,3,6-7H2,1-2H3,(H,18,19). The molecule has 2 aromatic rings. The van der Waals surface area contributed by atoms with Gasteiger partial charge in [-0.25, -0.2) is 19.6 Å². The molecule has 2 fully saturated rings. The van der Waals surface area contributed by atoms with Crippen LogP contribution in [-0.2, 0) is 19.1 Å². The maximum absolute atomic E-state index is 12.2. The van der Waals surface area contributed by atoms with Gasteiger partial charge in [-0.05, 0) is 38.3 Å². The van der Waals surface area contributed by atoms with Gasteiger partial charge in [0, 0.05) is 26.2 Å². The number of carboxylic acids is 2. The first-order chi connectivity index (χ1) is 21.1. The number of carboxylic acid groups (broad SMARTS) is 2. The highest BCUT2D eigenvalue weighted by atomic mass is 16.5. The fourth-order valence-electron chi connectivity index (χ4n) is 4.43. The molecular weight excluding hydrogens is 584 g/mol. The van der Waals surface area contributed by atoms with Gasteiger partial charge in [-0.2, -0.15) is 10.5 Å². The molecule has 0 spiro atoms. The van der Waals surface area contributed by atoms with Crippen molar-refractivity contribution in [3.63, 3.8) is 0 Å². The molecule has 45 heavy (non-hydrogen) atoms. The number of ether oxygens (including phenoxy) is 2. The van der Waals surface area contributed by atoms with Crippen LogP contribution in [0.2, 0.25) is 0 Å². The first-order valence-corrected chi connectivity index (χ1v) is 14.2. The number of esters is 2. The molecule has 0 amide bonds. The summed E-state index contributed by atoms with van der Waals surface area (Å²) < 4.78 is 10.2. The SMILES string of the molecule is CCOC(=O)c1cc(C#N)c(N2CC(C(=O)O)C2)nc1C.Cc1nc(N2CC(C(=O)O)C2)c(C#N)cc1C(=O)OCC(C)(C)C. The van der Waals surface area contributed by atoms with Crippen LogP contribution in [0.25, 0.3) is 0 Å². The maximum Gasteiger partial charge on any atom is 0.340 e. The van der Waals surface area contributed by atoms with E-state index in [2.05, 4.69) is 9.97 Å². The van der Waals surface area contributed by atoms with Crippen LogP contribution in [0.5, 0.6) is 0 Å². The topological polar surface area (TPSA) is 207 Å². The lowest BCUT2D eigenvalue weighted by molar-refractivity contribution is -0.143. The monoisotopic (exact) mass is 620 g/mol. The number of nitriles is 2. The van der Waals surface area contributed by atoms with Crippen LogP contribution in [0.1, 0.15) is 70.9 Å². The number of aryl methyl sites for hydroxylation is 2. The minimum Gasteiger partial charge on any atom is -0.481 e. The minimum atomic E-state index is -0.858. The molecule has 14 heteroatoms. The van der Waals surface area contributed by atoms with Crippen LogP contribution in [0, 0.1) is 53.8 Å². The molecule has 2 aliphatic rings. The van der Waals surface area contributed by atoms with Crippen molar-refractivity contribution in [3.05, 3.63) is 45.8 Å². The van der Waals surface area contributed by atoms with Gasteiger partial charge in [0.2, 0.25) is 0 Å². The minimum absolute atomic E-state index is 0.154. The molecule has 2 aliphatic heterocycles. The Morgan fingerprint density at radius 2 is 1.20 bits per heavy atom. The van der Waals surface area contributed by atoms with E-state index in [1.54, 1.807) is 30.6 Å². The lowest BCUT2D eigenvalue weighted by Gasteiger charge is -2.38. The summed E-state index contributed by atoms with van der Waals surface area (Å²) in [6, 6.07) is 6.94. The van der Waals surface area contributed by atoms with E-state index >= 15 is 0 Å². The van der Waals surface area contributed by atoms with Gasteiger partial charge < -0.3 is 29.5 Å². The second-order valence-corrected chi connectivity index (χ2v) is 11.9. The third-order valence-corrected chi connectivity index (χ3v) is 7.04. The quantitative estimate of drug-likeness (QED) is 0.407. The predicted octanol–water partition coefficient (Wildman–Crippen LogP) is 2.94. The van der Waals surface area contributed by atoms with Crippen molar-refractivity contribution in [1.29, 1.82) is 10.5 Å². The smallest absolute Gasteiger partial charge is 0.340 e. The molecule has 0 aromatic carbocycles. The number of pyridine rings is 2. The van der Waals surface area contributed by atoms with E-state index in [4.69, 9.17) is 19.7 Å². The fraction of sp³-hybridized carbons (Fsp3) is 0.484. The third-order valence-electron chi connectivity index (χ3n) is 7.04. The van der Waals surface area contributed by atoms with E-state index in [-0.39, 0.29) is 40.9 Å². The number of aromatic nitrogens is 2. The van der Waals surface area contributed by atoms with E-state index in [1.165, 1.54) is 12.1 Å². The van der Waals surface area contributed by atoms with E-state index in [0.29, 0.717) is 49.2 Å². The van der Waals surface area contributed by atoms with Gasteiger partial charge in [0.25, 0.3) is 0 Å². The Labute approximate surface area is 260 Å². The molecule has 14 nitrogen and oxygen atoms in total. The zero-order valence-electron chi connectivity index (χ0n) is 26.1. The first kappa shape index (κ1) is 34.3. The molecule has 238 valence electrons. The Bertz CT molecular complexity index is 1570. The lowest BCUT2D eigenvalue weighted by Crippen LogP contribution is -2.51. The highest BCUT2D eigenvalue weighted by Crippen LogP contribution is 2.29. The summed E-state index contributed by atoms with van der Waals surface area (Å²) in [5.74, 6) is -2.80. The second-order valence-electron chi connectivity index (χ2n) is 11.9. The Balaban J connectivity index is 0.000000248. The van der Waals surface area contributed by atoms with Crippen molar-refractivity contribution < 1.29 is 38.9 Å². The van der Waals surface area contributed by atoms with E-state index < -0.39 is 35.7 Å². The van der Waals surface area contributed by atoms with Crippen molar-refractivity contribution in [2.45, 2.75) is 41.5 Å². The van der Waals surface area contributed by atoms with Crippen molar-refractivity contribution in [1.82, 2.24) is 9.97 Å². The second kappa shape index (κ2) is 14.0. The van der Waals surface area contributed by atoms with E-state index in [0.717, 1.165) is 0 Å². The molecule has 0 unspecified atom stereocenters. The molecule has 2 saturated heterocycles. The number of anilines is 2. The van der Waals surface area contributed by atoms with E-state index in [1.807, 2.05) is 32.9 Å². The molecule has 2 N–H and O–H groups in total. The van der Waals surface area contributed by atoms with Gasteiger partial charge in [0.05, 0.1) is 58.7 Å². The summed E-state index contributed by atoms with van der Waals surface area (Å²) in [6.45, 7) is 12.7. The van der Waals surface area contributed by atoms with Crippen molar-refractivity contribution >= 4 is 35.5 Å². The number of nitrogens with zero attached hydrogens (tertiary/aromatic N) is 6. The summed E-state index contributed by atoms with van der Waals surface area (Å²) in [5.41, 5.74) is 1.77. The largest absolute Gasteiger partial charge is 0.481 e. The van der Waals surface area contributed by atoms with Crippen molar-refractivity contribution in [2.24, 2.45) is 17.3 Å². The highest BCUT2D eigenvalue weighted by Gasteiger charge is 2.36. The average Bonchev–Trinajstić information content (AvgIpc) is 2.90. The lowest BCUT2D eigenvalue weighted by atomic mass is 9.98. The Morgan fingerprint density at radius 1 is 0.822 bits per heavy atom. The Morgan fingerprint density at radius 3 is 1.51 bits per heavy atom. The van der Waals surface area contributed by atoms with Gasteiger partial charge in [0.1, 0.15) is 23.8 Å². The van der Waals surface area contributed by atoms with Crippen LogP contribution in [0.4, 0.5) is 11.6 Å². The number of aliphatic carboxylic acids is 2. The third kappa shape index (κ3) is 8.23. The number of carbonyl (C=O) groups is 4. The van der Waals surface area contributed by atoms with Crippen molar-refractivity contribution in [3.8, 4) is 12.1 Å². The maximum atomic E-state index is 12.2. The number of hydrogen-bond donors (Lipinski definition) is 2.